The van der Waals surface area contributed by atoms with E-state index in [2.05, 4.69) is 42.7 Å². The normalized spacial score (nSPS) is 22.2. The molecule has 2 heterocycles. The third-order valence-corrected chi connectivity index (χ3v) is 3.84. The quantitative estimate of drug-likeness (QED) is 0.858. The molecule has 19 heavy (non-hydrogen) atoms. The van der Waals surface area contributed by atoms with E-state index in [1.165, 1.54) is 38.6 Å². The summed E-state index contributed by atoms with van der Waals surface area (Å²) in [7, 11) is 0. The van der Waals surface area contributed by atoms with Crippen molar-refractivity contribution in [2.75, 3.05) is 11.9 Å². The van der Waals surface area contributed by atoms with Crippen molar-refractivity contribution < 1.29 is 0 Å². The first kappa shape index (κ1) is 14.4. The lowest BCUT2D eigenvalue weighted by atomic mass is 10.0. The average molecular weight is 264 g/mol. The van der Waals surface area contributed by atoms with Crippen LogP contribution in [0.5, 0.6) is 0 Å². The highest BCUT2D eigenvalue weighted by molar-refractivity contribution is 5.39. The molecule has 2 unspecified atom stereocenters. The Morgan fingerprint density at radius 2 is 2.21 bits per heavy atom. The zero-order valence-corrected chi connectivity index (χ0v) is 12.5. The second-order valence-corrected chi connectivity index (χ2v) is 6.08. The zero-order valence-electron chi connectivity index (χ0n) is 12.5. The van der Waals surface area contributed by atoms with E-state index in [-0.39, 0.29) is 0 Å². The molecule has 1 aliphatic heterocycles. The van der Waals surface area contributed by atoms with Crippen molar-refractivity contribution >= 4 is 5.69 Å². The molecule has 2 rings (SSSR count). The van der Waals surface area contributed by atoms with Gasteiger partial charge in [-0.15, -0.1) is 0 Å². The van der Waals surface area contributed by atoms with Gasteiger partial charge in [0.2, 0.25) is 0 Å². The first-order valence-electron chi connectivity index (χ1n) is 7.69. The third kappa shape index (κ3) is 4.53. The average Bonchev–Trinajstić information content (AvgIpc) is 2.67. The van der Waals surface area contributed by atoms with Crippen molar-refractivity contribution in [2.45, 2.75) is 71.0 Å². The Balaban J connectivity index is 1.80. The summed E-state index contributed by atoms with van der Waals surface area (Å²) in [4.78, 5) is 0. The molecular formula is C15H28N4. The largest absolute Gasteiger partial charge is 0.380 e. The van der Waals surface area contributed by atoms with Gasteiger partial charge in [0.1, 0.15) is 0 Å². The van der Waals surface area contributed by atoms with Crippen molar-refractivity contribution in [3.8, 4) is 0 Å². The molecule has 0 spiro atoms. The smallest absolute Gasteiger partial charge is 0.0728 e. The van der Waals surface area contributed by atoms with Gasteiger partial charge in [-0.25, -0.2) is 0 Å². The summed E-state index contributed by atoms with van der Waals surface area (Å²) in [6, 6.07) is 1.58. The topological polar surface area (TPSA) is 41.9 Å². The van der Waals surface area contributed by atoms with Gasteiger partial charge in [-0.3, -0.25) is 4.68 Å². The van der Waals surface area contributed by atoms with Gasteiger partial charge in [0.25, 0.3) is 0 Å². The van der Waals surface area contributed by atoms with Gasteiger partial charge in [0.05, 0.1) is 11.9 Å². The fourth-order valence-electron chi connectivity index (χ4n) is 2.77. The van der Waals surface area contributed by atoms with Gasteiger partial charge in [-0.2, -0.15) is 5.10 Å². The summed E-state index contributed by atoms with van der Waals surface area (Å²) in [6.07, 6.45) is 10.6. The van der Waals surface area contributed by atoms with Gasteiger partial charge in [0, 0.05) is 24.3 Å². The lowest BCUT2D eigenvalue weighted by Gasteiger charge is -2.21. The van der Waals surface area contributed by atoms with Crippen LogP contribution in [-0.4, -0.2) is 28.4 Å². The van der Waals surface area contributed by atoms with Crippen molar-refractivity contribution in [3.05, 3.63) is 12.4 Å². The van der Waals surface area contributed by atoms with E-state index in [9.17, 15) is 0 Å². The number of aromatic nitrogens is 2. The van der Waals surface area contributed by atoms with E-state index in [1.54, 1.807) is 0 Å². The molecule has 1 aromatic rings. The van der Waals surface area contributed by atoms with Gasteiger partial charge in [0.15, 0.2) is 0 Å². The molecule has 1 aromatic heterocycles. The second kappa shape index (κ2) is 6.94. The number of hydrogen-bond acceptors (Lipinski definition) is 3. The number of hydrogen-bond donors (Lipinski definition) is 2. The van der Waals surface area contributed by atoms with E-state index in [0.29, 0.717) is 18.1 Å². The Morgan fingerprint density at radius 3 is 2.95 bits per heavy atom. The molecule has 4 nitrogen and oxygen atoms in total. The summed E-state index contributed by atoms with van der Waals surface area (Å²) in [5.41, 5.74) is 1.13. The van der Waals surface area contributed by atoms with Crippen LogP contribution in [0.1, 0.15) is 58.9 Å². The number of rotatable bonds is 5. The Kier molecular flexibility index (Phi) is 5.25. The van der Waals surface area contributed by atoms with E-state index < -0.39 is 0 Å². The maximum absolute atomic E-state index is 4.37. The van der Waals surface area contributed by atoms with Crippen LogP contribution in [0, 0.1) is 0 Å². The van der Waals surface area contributed by atoms with E-state index in [0.717, 1.165) is 5.69 Å². The fourth-order valence-corrected chi connectivity index (χ4v) is 2.77. The molecule has 0 aliphatic carbocycles. The van der Waals surface area contributed by atoms with Crippen molar-refractivity contribution in [2.24, 2.45) is 0 Å². The first-order chi connectivity index (χ1) is 9.15. The van der Waals surface area contributed by atoms with E-state index in [1.807, 2.05) is 10.9 Å². The van der Waals surface area contributed by atoms with Crippen LogP contribution in [0.15, 0.2) is 12.4 Å². The predicted molar refractivity (Wildman–Crippen MR) is 80.6 cm³/mol. The van der Waals surface area contributed by atoms with Gasteiger partial charge >= 0.3 is 0 Å². The summed E-state index contributed by atoms with van der Waals surface area (Å²) in [5, 5.41) is 11.6. The van der Waals surface area contributed by atoms with Crippen LogP contribution < -0.4 is 10.6 Å². The summed E-state index contributed by atoms with van der Waals surface area (Å²) >= 11 is 0. The second-order valence-electron chi connectivity index (χ2n) is 6.08. The highest BCUT2D eigenvalue weighted by atomic mass is 15.3. The molecule has 0 saturated carbocycles. The molecule has 108 valence electrons. The van der Waals surface area contributed by atoms with Crippen molar-refractivity contribution in [1.29, 1.82) is 0 Å². The van der Waals surface area contributed by atoms with Crippen LogP contribution in [-0.2, 0) is 0 Å². The monoisotopic (exact) mass is 264 g/mol. The molecule has 0 amide bonds. The van der Waals surface area contributed by atoms with Crippen LogP contribution in [0.2, 0.25) is 0 Å². The highest BCUT2D eigenvalue weighted by Crippen LogP contribution is 2.16. The predicted octanol–water partition coefficient (Wildman–Crippen LogP) is 3.19. The minimum absolute atomic E-state index is 0.425. The SMILES string of the molecule is CC(CC1CCCCCN1)Nc1cnn(C(C)C)c1. The molecule has 4 heteroatoms. The Bertz CT molecular complexity index is 364. The molecule has 0 bridgehead atoms. The molecule has 2 N–H and O–H groups in total. The standard InChI is InChI=1S/C15H28N4/c1-12(2)19-11-15(10-17-19)18-13(3)9-14-7-5-4-6-8-16-14/h10-14,16,18H,4-9H2,1-3H3. The molecule has 2 atom stereocenters. The maximum atomic E-state index is 4.37. The molecule has 1 fully saturated rings. The van der Waals surface area contributed by atoms with Gasteiger partial charge in [-0.05, 0) is 46.6 Å². The minimum Gasteiger partial charge on any atom is -0.380 e. The third-order valence-electron chi connectivity index (χ3n) is 3.84. The molecule has 0 radical (unpaired) electrons. The van der Waals surface area contributed by atoms with Gasteiger partial charge in [-0.1, -0.05) is 12.8 Å². The first-order valence-corrected chi connectivity index (χ1v) is 7.69. The van der Waals surface area contributed by atoms with Crippen LogP contribution in [0.25, 0.3) is 0 Å². The lowest BCUT2D eigenvalue weighted by Crippen LogP contribution is -2.33. The lowest BCUT2D eigenvalue weighted by molar-refractivity contribution is 0.456. The number of nitrogens with zero attached hydrogens (tertiary/aromatic N) is 2. The van der Waals surface area contributed by atoms with Crippen LogP contribution >= 0.6 is 0 Å². The molecule has 1 saturated heterocycles. The van der Waals surface area contributed by atoms with E-state index >= 15 is 0 Å². The Labute approximate surface area is 117 Å². The van der Waals surface area contributed by atoms with Crippen LogP contribution in [0.3, 0.4) is 0 Å². The highest BCUT2D eigenvalue weighted by Gasteiger charge is 2.15. The van der Waals surface area contributed by atoms with Crippen molar-refractivity contribution in [1.82, 2.24) is 15.1 Å². The number of nitrogens with one attached hydrogen (secondary N) is 2. The number of anilines is 1. The Morgan fingerprint density at radius 1 is 1.37 bits per heavy atom. The van der Waals surface area contributed by atoms with E-state index in [4.69, 9.17) is 0 Å². The zero-order chi connectivity index (χ0) is 13.7. The fraction of sp³-hybridized carbons (Fsp3) is 0.800. The summed E-state index contributed by atoms with van der Waals surface area (Å²) in [5.74, 6) is 0. The van der Waals surface area contributed by atoms with Gasteiger partial charge < -0.3 is 10.6 Å². The molecule has 1 aliphatic rings. The molecule has 0 aromatic carbocycles. The van der Waals surface area contributed by atoms with Crippen LogP contribution in [0.4, 0.5) is 5.69 Å². The maximum Gasteiger partial charge on any atom is 0.0728 e. The minimum atomic E-state index is 0.425. The summed E-state index contributed by atoms with van der Waals surface area (Å²) < 4.78 is 2.00. The Hall–Kier alpha value is -1.03. The molecular weight excluding hydrogens is 236 g/mol. The summed E-state index contributed by atoms with van der Waals surface area (Å²) in [6.45, 7) is 7.74. The van der Waals surface area contributed by atoms with Crippen molar-refractivity contribution in [3.63, 3.8) is 0 Å².